The molecule has 0 saturated heterocycles. The fourth-order valence-electron chi connectivity index (χ4n) is 4.18. The van der Waals surface area contributed by atoms with Gasteiger partial charge in [0, 0.05) is 24.5 Å². The van der Waals surface area contributed by atoms with Gasteiger partial charge in [0.1, 0.15) is 16.5 Å². The molecular weight excluding hydrogens is 500 g/mol. The summed E-state index contributed by atoms with van der Waals surface area (Å²) in [5, 5.41) is 18.0. The van der Waals surface area contributed by atoms with Crippen molar-refractivity contribution in [2.45, 2.75) is 25.3 Å². The Bertz CT molecular complexity index is 1550. The van der Waals surface area contributed by atoms with Crippen LogP contribution in [-0.2, 0) is 0 Å². The number of imidazole rings is 1. The maximum atomic E-state index is 12.8. The van der Waals surface area contributed by atoms with Gasteiger partial charge < -0.3 is 20.7 Å². The normalized spacial score (nSPS) is 11.8. The monoisotopic (exact) mass is 526 g/mol. The first-order chi connectivity index (χ1) is 18.6. The molecule has 3 heterocycles. The molecule has 1 unspecified atom stereocenters. The molecule has 2 aromatic carbocycles. The van der Waals surface area contributed by atoms with E-state index in [9.17, 15) is 14.7 Å². The summed E-state index contributed by atoms with van der Waals surface area (Å²) in [7, 11) is 0. The van der Waals surface area contributed by atoms with Gasteiger partial charge in [-0.25, -0.2) is 4.98 Å². The minimum Gasteiger partial charge on any atom is -0.507 e. The molecule has 192 valence electrons. The van der Waals surface area contributed by atoms with E-state index < -0.39 is 0 Å². The van der Waals surface area contributed by atoms with Crippen LogP contribution in [0.5, 0.6) is 5.75 Å². The SMILES string of the molecule is O=C(NC(CCCCNC(=O)c1cnccc1O)c1ncc(-c2ccc3ccccc3c2)[nH]1)c1cncs1. The molecule has 10 heteroatoms. The van der Waals surface area contributed by atoms with Gasteiger partial charge in [-0.1, -0.05) is 36.4 Å². The van der Waals surface area contributed by atoms with E-state index in [2.05, 4.69) is 54.8 Å². The number of carbonyl (C=O) groups excluding carboxylic acids is 2. The Morgan fingerprint density at radius 2 is 1.84 bits per heavy atom. The number of rotatable bonds is 10. The molecule has 0 saturated carbocycles. The number of benzene rings is 2. The molecule has 0 spiro atoms. The quantitative estimate of drug-likeness (QED) is 0.192. The number of aromatic nitrogens is 4. The number of pyridine rings is 1. The minimum atomic E-state index is -0.378. The predicted molar refractivity (Wildman–Crippen MR) is 146 cm³/mol. The van der Waals surface area contributed by atoms with Crippen LogP contribution < -0.4 is 10.6 Å². The summed E-state index contributed by atoms with van der Waals surface area (Å²) in [5.74, 6) is -0.0306. The van der Waals surface area contributed by atoms with Crippen molar-refractivity contribution < 1.29 is 14.7 Å². The van der Waals surface area contributed by atoms with E-state index in [0.29, 0.717) is 30.1 Å². The summed E-state index contributed by atoms with van der Waals surface area (Å²) >= 11 is 1.28. The van der Waals surface area contributed by atoms with Gasteiger partial charge >= 0.3 is 0 Å². The van der Waals surface area contributed by atoms with E-state index in [-0.39, 0.29) is 29.2 Å². The number of aromatic amines is 1. The van der Waals surface area contributed by atoms with Crippen LogP contribution >= 0.6 is 11.3 Å². The summed E-state index contributed by atoms with van der Waals surface area (Å²) in [6.07, 6.45) is 8.10. The number of aromatic hydroxyl groups is 1. The van der Waals surface area contributed by atoms with Crippen molar-refractivity contribution in [2.24, 2.45) is 0 Å². The Morgan fingerprint density at radius 1 is 0.974 bits per heavy atom. The van der Waals surface area contributed by atoms with Crippen LogP contribution in [0.2, 0.25) is 0 Å². The number of nitrogens with one attached hydrogen (secondary N) is 3. The molecule has 0 radical (unpaired) electrons. The number of fused-ring (bicyclic) bond motifs is 1. The van der Waals surface area contributed by atoms with E-state index in [1.807, 2.05) is 18.2 Å². The highest BCUT2D eigenvalue weighted by atomic mass is 32.1. The second kappa shape index (κ2) is 11.7. The zero-order valence-corrected chi connectivity index (χ0v) is 21.2. The molecular formula is C28H26N6O3S. The highest BCUT2D eigenvalue weighted by Crippen LogP contribution is 2.26. The molecule has 0 aliphatic rings. The summed E-state index contributed by atoms with van der Waals surface area (Å²) in [4.78, 5) is 41.5. The van der Waals surface area contributed by atoms with Gasteiger partial charge in [0.25, 0.3) is 11.8 Å². The smallest absolute Gasteiger partial charge is 0.263 e. The lowest BCUT2D eigenvalue weighted by Gasteiger charge is -2.16. The van der Waals surface area contributed by atoms with Crippen molar-refractivity contribution in [3.63, 3.8) is 0 Å². The van der Waals surface area contributed by atoms with E-state index >= 15 is 0 Å². The summed E-state index contributed by atoms with van der Waals surface area (Å²) in [6.45, 7) is 0.420. The van der Waals surface area contributed by atoms with E-state index in [0.717, 1.165) is 28.5 Å². The third kappa shape index (κ3) is 5.87. The molecule has 2 amide bonds. The van der Waals surface area contributed by atoms with Gasteiger partial charge in [-0.3, -0.25) is 19.6 Å². The Morgan fingerprint density at radius 3 is 2.66 bits per heavy atom. The average Bonchev–Trinajstić information content (AvgIpc) is 3.65. The zero-order valence-electron chi connectivity index (χ0n) is 20.4. The average molecular weight is 527 g/mol. The van der Waals surface area contributed by atoms with Crippen LogP contribution in [0.3, 0.4) is 0 Å². The highest BCUT2D eigenvalue weighted by Gasteiger charge is 2.20. The Balaban J connectivity index is 1.25. The molecule has 0 bridgehead atoms. The summed E-state index contributed by atoms with van der Waals surface area (Å²) in [6, 6.07) is 15.4. The molecule has 3 aromatic heterocycles. The molecule has 1 atom stereocenters. The zero-order chi connectivity index (χ0) is 26.3. The van der Waals surface area contributed by atoms with Gasteiger partial charge in [0.05, 0.1) is 35.2 Å². The maximum Gasteiger partial charge on any atom is 0.263 e. The van der Waals surface area contributed by atoms with Gasteiger partial charge in [-0.05, 0) is 42.2 Å². The standard InChI is InChI=1S/C28H26N6O3S/c35-24-10-12-29-14-21(24)27(36)31-11-4-3-7-22(34-28(37)25-16-30-17-38-25)26-32-15-23(33-26)20-9-8-18-5-1-2-6-19(18)13-20/h1-2,5-6,8-10,12-17,22H,3-4,7,11H2,(H,29,35)(H,31,36)(H,32,33)(H,34,37). The number of carbonyl (C=O) groups is 2. The number of hydrogen-bond donors (Lipinski definition) is 4. The van der Waals surface area contributed by atoms with Crippen LogP contribution in [0.1, 0.15) is 51.2 Å². The van der Waals surface area contributed by atoms with E-state index in [4.69, 9.17) is 0 Å². The minimum absolute atomic E-state index is 0.108. The predicted octanol–water partition coefficient (Wildman–Crippen LogP) is 4.86. The van der Waals surface area contributed by atoms with Crippen molar-refractivity contribution in [1.29, 1.82) is 0 Å². The van der Waals surface area contributed by atoms with Crippen molar-refractivity contribution in [3.05, 3.63) is 95.1 Å². The Kier molecular flexibility index (Phi) is 7.70. The lowest BCUT2D eigenvalue weighted by atomic mass is 10.1. The first-order valence-electron chi connectivity index (χ1n) is 12.2. The van der Waals surface area contributed by atoms with Crippen molar-refractivity contribution >= 4 is 33.9 Å². The fraction of sp³-hybridized carbons (Fsp3) is 0.179. The van der Waals surface area contributed by atoms with Gasteiger partial charge in [0.15, 0.2) is 0 Å². The summed E-state index contributed by atoms with van der Waals surface area (Å²) in [5.41, 5.74) is 3.64. The summed E-state index contributed by atoms with van der Waals surface area (Å²) < 4.78 is 0. The maximum absolute atomic E-state index is 12.8. The highest BCUT2D eigenvalue weighted by molar-refractivity contribution is 7.11. The van der Waals surface area contributed by atoms with Crippen LogP contribution in [0.4, 0.5) is 0 Å². The van der Waals surface area contributed by atoms with Crippen LogP contribution in [0, 0.1) is 0 Å². The third-order valence-corrected chi connectivity index (χ3v) is 6.97. The molecule has 9 nitrogen and oxygen atoms in total. The lowest BCUT2D eigenvalue weighted by molar-refractivity contribution is 0.0935. The van der Waals surface area contributed by atoms with Crippen LogP contribution in [-0.4, -0.2) is 43.4 Å². The molecule has 38 heavy (non-hydrogen) atoms. The molecule has 0 aliphatic heterocycles. The number of amides is 2. The number of nitrogens with zero attached hydrogens (tertiary/aromatic N) is 3. The van der Waals surface area contributed by atoms with Crippen molar-refractivity contribution in [3.8, 4) is 17.0 Å². The third-order valence-electron chi connectivity index (χ3n) is 6.20. The largest absolute Gasteiger partial charge is 0.507 e. The molecule has 5 rings (SSSR count). The number of unbranched alkanes of at least 4 members (excludes halogenated alkanes) is 1. The number of thiazole rings is 1. The molecule has 4 N–H and O–H groups in total. The lowest BCUT2D eigenvalue weighted by Crippen LogP contribution is -2.29. The van der Waals surface area contributed by atoms with E-state index in [1.165, 1.54) is 29.8 Å². The van der Waals surface area contributed by atoms with Gasteiger partial charge in [-0.2, -0.15) is 0 Å². The second-order valence-electron chi connectivity index (χ2n) is 8.78. The van der Waals surface area contributed by atoms with Crippen molar-refractivity contribution in [2.75, 3.05) is 6.54 Å². The topological polar surface area (TPSA) is 133 Å². The fourth-order valence-corrected chi connectivity index (χ4v) is 4.71. The molecule has 0 fully saturated rings. The first-order valence-corrected chi connectivity index (χ1v) is 13.1. The Labute approximate surface area is 223 Å². The molecule has 5 aromatic rings. The van der Waals surface area contributed by atoms with Crippen molar-refractivity contribution in [1.82, 2.24) is 30.6 Å². The van der Waals surface area contributed by atoms with Crippen LogP contribution in [0.15, 0.2) is 78.8 Å². The first kappa shape index (κ1) is 25.1. The van der Waals surface area contributed by atoms with E-state index in [1.54, 1.807) is 17.9 Å². The molecule has 0 aliphatic carbocycles. The second-order valence-corrected chi connectivity index (χ2v) is 9.67. The van der Waals surface area contributed by atoms with Crippen LogP contribution in [0.25, 0.3) is 22.0 Å². The van der Waals surface area contributed by atoms with Gasteiger partial charge in [0.2, 0.25) is 0 Å². The van der Waals surface area contributed by atoms with Gasteiger partial charge in [-0.15, -0.1) is 11.3 Å². The number of hydrogen-bond acceptors (Lipinski definition) is 7. The Hall–Kier alpha value is -4.57. The number of H-pyrrole nitrogens is 1.